The molecular formula is C36H32F6N4O12. The first-order valence-corrected chi connectivity index (χ1v) is 16.1. The number of aromatic nitrogens is 2. The number of hydrogen-bond donors (Lipinski definition) is 2. The molecule has 0 radical (unpaired) electrons. The van der Waals surface area contributed by atoms with Crippen molar-refractivity contribution in [1.29, 1.82) is 0 Å². The number of carbonyl (C=O) groups excluding carboxylic acids is 2. The number of methoxy groups -OCH3 is 4. The highest BCUT2D eigenvalue weighted by atomic mass is 19.4. The Balaban J connectivity index is 1.80. The Morgan fingerprint density at radius 2 is 0.948 bits per heavy atom. The van der Waals surface area contributed by atoms with E-state index in [-0.39, 0.29) is 68.0 Å². The molecule has 2 aromatic carbocycles. The maximum absolute atomic E-state index is 13.7. The zero-order valence-electron chi connectivity index (χ0n) is 31.0. The summed E-state index contributed by atoms with van der Waals surface area (Å²) in [7, 11) is 6.85. The molecule has 0 aliphatic rings. The van der Waals surface area contributed by atoms with Crippen molar-refractivity contribution in [3.8, 4) is 45.5 Å². The van der Waals surface area contributed by atoms with Crippen LogP contribution in [0.4, 0.5) is 37.7 Å². The van der Waals surface area contributed by atoms with Crippen LogP contribution < -0.4 is 28.7 Å². The number of halogens is 6. The molecule has 0 saturated heterocycles. The quantitative estimate of drug-likeness (QED) is 0.0843. The third-order valence-electron chi connectivity index (χ3n) is 8.27. The predicted octanol–water partition coefficient (Wildman–Crippen LogP) is 5.68. The minimum absolute atomic E-state index is 0.0186. The lowest BCUT2D eigenvalue weighted by molar-refractivity contribution is -0.268. The van der Waals surface area contributed by atoms with Crippen molar-refractivity contribution in [2.45, 2.75) is 18.3 Å². The summed E-state index contributed by atoms with van der Waals surface area (Å²) in [6.45, 7) is -1.21. The van der Waals surface area contributed by atoms with Crippen LogP contribution >= 0.6 is 0 Å². The van der Waals surface area contributed by atoms with Gasteiger partial charge < -0.3 is 48.4 Å². The molecule has 22 heteroatoms. The Labute approximate surface area is 324 Å². The normalized spacial score (nSPS) is 11.6. The topological polar surface area (TPSA) is 196 Å². The smallest absolute Gasteiger partial charge is 0.491 e. The average Bonchev–Trinajstić information content (AvgIpc) is 3.18. The van der Waals surface area contributed by atoms with Crippen molar-refractivity contribution >= 4 is 35.3 Å². The fourth-order valence-corrected chi connectivity index (χ4v) is 5.40. The van der Waals surface area contributed by atoms with E-state index >= 15 is 0 Å². The first-order chi connectivity index (χ1) is 27.1. The number of carboxylic acid groups (broad SMARTS) is 2. The van der Waals surface area contributed by atoms with Crippen LogP contribution in [0, 0.1) is 0 Å². The molecule has 0 unspecified atom stereocenters. The molecule has 0 aliphatic carbocycles. The first-order valence-electron chi connectivity index (χ1n) is 16.1. The minimum Gasteiger partial charge on any atom is -0.496 e. The van der Waals surface area contributed by atoms with E-state index in [0.29, 0.717) is 4.90 Å². The van der Waals surface area contributed by atoms with Crippen molar-refractivity contribution in [3.63, 3.8) is 0 Å². The van der Waals surface area contributed by atoms with E-state index in [0.717, 1.165) is 37.5 Å². The molecule has 0 atom stereocenters. The second-order valence-electron chi connectivity index (χ2n) is 11.8. The summed E-state index contributed by atoms with van der Waals surface area (Å²) >= 11 is 0. The number of likely N-dealkylation sites (N-methyl/N-ethyl adjacent to an activating group) is 2. The monoisotopic (exact) mass is 826 g/mol. The second kappa shape index (κ2) is 17.0. The molecule has 4 rings (SSSR count). The lowest BCUT2D eigenvalue weighted by Gasteiger charge is -2.42. The third-order valence-corrected chi connectivity index (χ3v) is 8.27. The summed E-state index contributed by atoms with van der Waals surface area (Å²) in [5.74, 6) is -12.7. The highest BCUT2D eigenvalue weighted by Crippen LogP contribution is 2.38. The standard InChI is InChI=1S/C36H32F6N4O12/c1-45(20-7-9-22(43-15-20)18-11-24(53-3)28(30(47)48)25(12-18)54-4)17-34(57-32(51)35(37,38)39,58-33(52)36(40,41)42)46(2)21-8-10-23(44-16-21)19-13-26(55-5)29(31(49)50)27(14-19)56-6/h7-16H,17H2,1-6H3,(H,47,48)(H,49,50). The molecule has 310 valence electrons. The van der Waals surface area contributed by atoms with Crippen LogP contribution in [0.3, 0.4) is 0 Å². The summed E-state index contributed by atoms with van der Waals surface area (Å²) < 4.78 is 112. The molecule has 16 nitrogen and oxygen atoms in total. The fraction of sp³-hybridized carbons (Fsp3) is 0.278. The lowest BCUT2D eigenvalue weighted by atomic mass is 10.1. The highest BCUT2D eigenvalue weighted by Gasteiger charge is 2.55. The van der Waals surface area contributed by atoms with E-state index in [9.17, 15) is 55.7 Å². The van der Waals surface area contributed by atoms with Crippen LogP contribution in [0.5, 0.6) is 23.0 Å². The Morgan fingerprint density at radius 1 is 0.603 bits per heavy atom. The maximum Gasteiger partial charge on any atom is 0.491 e. The number of carboxylic acids is 2. The van der Waals surface area contributed by atoms with Gasteiger partial charge in [0, 0.05) is 25.2 Å². The Morgan fingerprint density at radius 3 is 1.22 bits per heavy atom. The number of pyridine rings is 2. The van der Waals surface area contributed by atoms with Gasteiger partial charge in [-0.15, -0.1) is 0 Å². The summed E-state index contributed by atoms with van der Waals surface area (Å²) in [4.78, 5) is 58.2. The SMILES string of the molecule is COc1cc(-c2ccc(N(C)CC(OC(=O)C(F)(F)F)(OC(=O)C(F)(F)F)N(C)c3ccc(-c4cc(OC)c(C(=O)O)c(OC)c4)nc3)cn2)cc(OC)c1C(=O)O. The summed E-state index contributed by atoms with van der Waals surface area (Å²) in [6, 6.07) is 10.2. The van der Waals surface area contributed by atoms with Crippen molar-refractivity contribution in [2.75, 3.05) is 58.9 Å². The van der Waals surface area contributed by atoms with E-state index < -0.39 is 48.7 Å². The van der Waals surface area contributed by atoms with E-state index in [1.807, 2.05) is 0 Å². The molecule has 2 heterocycles. The second-order valence-corrected chi connectivity index (χ2v) is 11.8. The molecule has 58 heavy (non-hydrogen) atoms. The molecule has 0 fully saturated rings. The number of alkyl halides is 6. The highest BCUT2D eigenvalue weighted by molar-refractivity contribution is 5.96. The van der Waals surface area contributed by atoms with Gasteiger partial charge in [-0.05, 0) is 48.5 Å². The van der Waals surface area contributed by atoms with Crippen LogP contribution in [0.25, 0.3) is 22.5 Å². The van der Waals surface area contributed by atoms with E-state index in [2.05, 4.69) is 19.4 Å². The fourth-order valence-electron chi connectivity index (χ4n) is 5.40. The van der Waals surface area contributed by atoms with Gasteiger partial charge in [0.25, 0.3) is 0 Å². The van der Waals surface area contributed by atoms with Crippen molar-refractivity contribution in [3.05, 3.63) is 72.1 Å². The largest absolute Gasteiger partial charge is 0.496 e. The molecule has 0 spiro atoms. The number of anilines is 2. The van der Waals surface area contributed by atoms with Crippen LogP contribution in [0.1, 0.15) is 20.7 Å². The molecule has 2 aromatic heterocycles. The molecule has 0 bridgehead atoms. The third kappa shape index (κ3) is 9.33. The van der Waals surface area contributed by atoms with Crippen molar-refractivity contribution < 1.29 is 84.2 Å². The van der Waals surface area contributed by atoms with E-state index in [1.54, 1.807) is 0 Å². The number of nitrogens with zero attached hydrogens (tertiary/aromatic N) is 4. The van der Waals surface area contributed by atoms with Gasteiger partial charge in [-0.1, -0.05) is 0 Å². The minimum atomic E-state index is -5.79. The molecule has 0 amide bonds. The van der Waals surface area contributed by atoms with Gasteiger partial charge in [-0.3, -0.25) is 9.97 Å². The summed E-state index contributed by atoms with van der Waals surface area (Å²) in [5.41, 5.74) is -0.225. The maximum atomic E-state index is 13.7. The molecule has 0 saturated carbocycles. The molecule has 0 aliphatic heterocycles. The number of ether oxygens (including phenoxy) is 6. The summed E-state index contributed by atoms with van der Waals surface area (Å²) in [5, 5.41) is 19.2. The van der Waals surface area contributed by atoms with E-state index in [1.165, 1.54) is 70.9 Å². The van der Waals surface area contributed by atoms with Crippen LogP contribution in [0.2, 0.25) is 0 Å². The Bertz CT molecular complexity index is 2100. The zero-order chi connectivity index (χ0) is 43.3. The van der Waals surface area contributed by atoms with Crippen LogP contribution in [0.15, 0.2) is 60.9 Å². The van der Waals surface area contributed by atoms with Gasteiger partial charge in [0.1, 0.15) is 40.7 Å². The van der Waals surface area contributed by atoms with Gasteiger partial charge in [-0.2, -0.15) is 26.3 Å². The summed E-state index contributed by atoms with van der Waals surface area (Å²) in [6.07, 6.45) is -9.53. The van der Waals surface area contributed by atoms with Gasteiger partial charge in [0.05, 0.1) is 63.6 Å². The number of rotatable bonds is 15. The molecule has 2 N–H and O–H groups in total. The average molecular weight is 827 g/mol. The number of benzene rings is 2. The van der Waals surface area contributed by atoms with Crippen LogP contribution in [-0.4, -0.2) is 111 Å². The van der Waals surface area contributed by atoms with Gasteiger partial charge >= 0.3 is 42.1 Å². The molecular weight excluding hydrogens is 794 g/mol. The van der Waals surface area contributed by atoms with Crippen LogP contribution in [-0.2, 0) is 19.1 Å². The van der Waals surface area contributed by atoms with Gasteiger partial charge in [0.2, 0.25) is 0 Å². The van der Waals surface area contributed by atoms with Gasteiger partial charge in [0.15, 0.2) is 0 Å². The number of aromatic carboxylic acids is 2. The number of esters is 2. The van der Waals surface area contributed by atoms with Crippen molar-refractivity contribution in [2.24, 2.45) is 0 Å². The predicted molar refractivity (Wildman–Crippen MR) is 188 cm³/mol. The molecule has 4 aromatic rings. The van der Waals surface area contributed by atoms with E-state index in [4.69, 9.17) is 18.9 Å². The Hall–Kier alpha value is -7.00. The van der Waals surface area contributed by atoms with Gasteiger partial charge in [-0.25, -0.2) is 19.2 Å². The Kier molecular flexibility index (Phi) is 12.8. The lowest BCUT2D eigenvalue weighted by Crippen LogP contribution is -2.62. The first kappa shape index (κ1) is 43.7. The number of hydrogen-bond acceptors (Lipinski definition) is 14. The zero-order valence-corrected chi connectivity index (χ0v) is 31.0. The van der Waals surface area contributed by atoms with Crippen molar-refractivity contribution in [1.82, 2.24) is 9.97 Å². The number of carbonyl (C=O) groups is 4.